The molecule has 0 saturated carbocycles. The van der Waals surface area contributed by atoms with Crippen LogP contribution in [0.4, 0.5) is 0 Å². The van der Waals surface area contributed by atoms with E-state index in [4.69, 9.17) is 0 Å². The number of rotatable bonds is 35. The fraction of sp³-hybridized carbons (Fsp3) is 0.951. The smallest absolute Gasteiger partial charge is 0.101 e. The quantitative estimate of drug-likeness (QED) is 0.0666. The molecule has 43 heavy (non-hydrogen) atoms. The third kappa shape index (κ3) is 25.2. The van der Waals surface area contributed by atoms with Crippen LogP contribution >= 0.6 is 0 Å². The average molecular weight is 603 g/mol. The summed E-state index contributed by atoms with van der Waals surface area (Å²) in [4.78, 5) is 5.43. The standard InChI is InChI=1S/C41H82N2/c1-4-7-10-13-16-19-20-21-22-23-24-25-27-30-33-36-41-42(37-34-31-28-18-15-12-9-6-3)39-40-43(41)38-35-32-29-26-17-14-11-8-5-2/h39-41H,4-38H2,1-3H3. The van der Waals surface area contributed by atoms with Gasteiger partial charge in [0.1, 0.15) is 6.17 Å². The van der Waals surface area contributed by atoms with Crippen LogP contribution in [0.2, 0.25) is 0 Å². The molecular weight excluding hydrogens is 520 g/mol. The van der Waals surface area contributed by atoms with Crippen molar-refractivity contribution >= 4 is 0 Å². The molecule has 0 amide bonds. The largest absolute Gasteiger partial charge is 0.356 e. The first-order valence-electron chi connectivity index (χ1n) is 20.5. The summed E-state index contributed by atoms with van der Waals surface area (Å²) >= 11 is 0. The van der Waals surface area contributed by atoms with Gasteiger partial charge >= 0.3 is 0 Å². The molecular formula is C41H82N2. The third-order valence-electron chi connectivity index (χ3n) is 10.1. The van der Waals surface area contributed by atoms with Crippen LogP contribution in [0.25, 0.3) is 0 Å². The molecule has 0 aromatic rings. The van der Waals surface area contributed by atoms with Crippen LogP contribution < -0.4 is 0 Å². The van der Waals surface area contributed by atoms with E-state index in [0.29, 0.717) is 6.17 Å². The van der Waals surface area contributed by atoms with Crippen LogP contribution in [0.1, 0.15) is 233 Å². The lowest BCUT2D eigenvalue weighted by atomic mass is 10.0. The van der Waals surface area contributed by atoms with E-state index in [-0.39, 0.29) is 0 Å². The molecule has 0 aliphatic carbocycles. The highest BCUT2D eigenvalue weighted by Crippen LogP contribution is 2.24. The normalized spacial score (nSPS) is 14.9. The molecule has 0 spiro atoms. The molecule has 1 heterocycles. The number of unbranched alkanes of at least 4 members (excludes halogenated alkanes) is 29. The maximum Gasteiger partial charge on any atom is 0.101 e. The maximum absolute atomic E-state index is 2.72. The van der Waals surface area contributed by atoms with Gasteiger partial charge in [-0.2, -0.15) is 0 Å². The van der Waals surface area contributed by atoms with Gasteiger partial charge in [0.15, 0.2) is 0 Å². The van der Waals surface area contributed by atoms with Gasteiger partial charge in [0, 0.05) is 25.5 Å². The molecule has 0 fully saturated rings. The van der Waals surface area contributed by atoms with Crippen molar-refractivity contribution in [3.63, 3.8) is 0 Å². The molecule has 0 N–H and O–H groups in total. The Labute approximate surface area is 273 Å². The molecule has 0 saturated heterocycles. The van der Waals surface area contributed by atoms with Crippen molar-refractivity contribution in [3.05, 3.63) is 12.4 Å². The van der Waals surface area contributed by atoms with E-state index in [1.54, 1.807) is 0 Å². The van der Waals surface area contributed by atoms with Crippen molar-refractivity contribution in [1.82, 2.24) is 9.80 Å². The van der Waals surface area contributed by atoms with Crippen molar-refractivity contribution in [1.29, 1.82) is 0 Å². The highest BCUT2D eigenvalue weighted by Gasteiger charge is 2.24. The second kappa shape index (κ2) is 32.7. The van der Waals surface area contributed by atoms with Crippen LogP contribution in [-0.4, -0.2) is 29.1 Å². The zero-order valence-electron chi connectivity index (χ0n) is 30.4. The molecule has 0 aromatic carbocycles. The molecule has 1 rings (SSSR count). The second-order valence-electron chi connectivity index (χ2n) is 14.3. The monoisotopic (exact) mass is 603 g/mol. The van der Waals surface area contributed by atoms with Gasteiger partial charge in [-0.1, -0.05) is 207 Å². The van der Waals surface area contributed by atoms with Gasteiger partial charge < -0.3 is 9.80 Å². The van der Waals surface area contributed by atoms with Gasteiger partial charge in [-0.3, -0.25) is 0 Å². The van der Waals surface area contributed by atoms with E-state index >= 15 is 0 Å². The Hall–Kier alpha value is -0.660. The number of hydrogen-bond acceptors (Lipinski definition) is 2. The maximum atomic E-state index is 2.72. The summed E-state index contributed by atoms with van der Waals surface area (Å²) < 4.78 is 0. The first-order valence-corrected chi connectivity index (χ1v) is 20.5. The van der Waals surface area contributed by atoms with Crippen molar-refractivity contribution in [2.24, 2.45) is 0 Å². The van der Waals surface area contributed by atoms with Crippen molar-refractivity contribution < 1.29 is 0 Å². The molecule has 256 valence electrons. The molecule has 0 radical (unpaired) electrons. The van der Waals surface area contributed by atoms with Crippen LogP contribution in [-0.2, 0) is 0 Å². The van der Waals surface area contributed by atoms with Gasteiger partial charge in [0.05, 0.1) is 0 Å². The molecule has 2 nitrogen and oxygen atoms in total. The second-order valence-corrected chi connectivity index (χ2v) is 14.3. The van der Waals surface area contributed by atoms with Crippen LogP contribution in [0.15, 0.2) is 12.4 Å². The Morgan fingerprint density at radius 2 is 0.535 bits per heavy atom. The lowest BCUT2D eigenvalue weighted by Gasteiger charge is -2.33. The first-order chi connectivity index (χ1) is 21.3. The van der Waals surface area contributed by atoms with Crippen LogP contribution in [0, 0.1) is 0 Å². The Balaban J connectivity index is 2.19. The molecule has 0 bridgehead atoms. The lowest BCUT2D eigenvalue weighted by molar-refractivity contribution is 0.135. The molecule has 1 atom stereocenters. The summed E-state index contributed by atoms with van der Waals surface area (Å²) in [7, 11) is 0. The fourth-order valence-electron chi connectivity index (χ4n) is 7.07. The summed E-state index contributed by atoms with van der Waals surface area (Å²) in [6, 6.07) is 0. The predicted octanol–water partition coefficient (Wildman–Crippen LogP) is 14.3. The molecule has 1 aliphatic rings. The summed E-state index contributed by atoms with van der Waals surface area (Å²) in [6.07, 6.45) is 52.9. The van der Waals surface area contributed by atoms with Gasteiger partial charge in [0.2, 0.25) is 0 Å². The zero-order valence-corrected chi connectivity index (χ0v) is 30.4. The van der Waals surface area contributed by atoms with Crippen molar-refractivity contribution in [2.45, 2.75) is 239 Å². The van der Waals surface area contributed by atoms with E-state index in [1.165, 1.54) is 225 Å². The van der Waals surface area contributed by atoms with E-state index in [9.17, 15) is 0 Å². The molecule has 1 aliphatic heterocycles. The van der Waals surface area contributed by atoms with E-state index in [1.807, 2.05) is 0 Å². The average Bonchev–Trinajstić information content (AvgIpc) is 3.40. The number of hydrogen-bond donors (Lipinski definition) is 0. The first kappa shape index (κ1) is 40.4. The van der Waals surface area contributed by atoms with E-state index in [0.717, 1.165) is 0 Å². The minimum absolute atomic E-state index is 0.639. The Morgan fingerprint density at radius 3 is 0.814 bits per heavy atom. The van der Waals surface area contributed by atoms with Crippen molar-refractivity contribution in [2.75, 3.05) is 13.1 Å². The molecule has 1 unspecified atom stereocenters. The van der Waals surface area contributed by atoms with Gasteiger partial charge in [-0.05, 0) is 25.7 Å². The summed E-state index contributed by atoms with van der Waals surface area (Å²) in [5.74, 6) is 0. The highest BCUT2D eigenvalue weighted by molar-refractivity contribution is 4.97. The van der Waals surface area contributed by atoms with Gasteiger partial charge in [0.25, 0.3) is 0 Å². The zero-order chi connectivity index (χ0) is 30.9. The minimum atomic E-state index is 0.639. The van der Waals surface area contributed by atoms with E-state index in [2.05, 4.69) is 43.0 Å². The highest BCUT2D eigenvalue weighted by atomic mass is 15.4. The number of nitrogens with zero attached hydrogens (tertiary/aromatic N) is 2. The lowest BCUT2D eigenvalue weighted by Crippen LogP contribution is -2.39. The summed E-state index contributed by atoms with van der Waals surface area (Å²) in [5, 5.41) is 0. The van der Waals surface area contributed by atoms with Crippen LogP contribution in [0.3, 0.4) is 0 Å². The predicted molar refractivity (Wildman–Crippen MR) is 196 cm³/mol. The Morgan fingerprint density at radius 1 is 0.302 bits per heavy atom. The summed E-state index contributed by atoms with van der Waals surface area (Å²) in [6.45, 7) is 9.48. The summed E-state index contributed by atoms with van der Waals surface area (Å²) in [5.41, 5.74) is 0. The van der Waals surface area contributed by atoms with Crippen LogP contribution in [0.5, 0.6) is 0 Å². The molecule has 0 aromatic heterocycles. The SMILES string of the molecule is CCCCCCCCCCCCCCCCCC1N(CCCCCCCCCC)C=CN1CCCCCCCCCCC. The Kier molecular flexibility index (Phi) is 30.7. The van der Waals surface area contributed by atoms with Gasteiger partial charge in [-0.15, -0.1) is 0 Å². The van der Waals surface area contributed by atoms with Crippen molar-refractivity contribution in [3.8, 4) is 0 Å². The topological polar surface area (TPSA) is 6.48 Å². The fourth-order valence-corrected chi connectivity index (χ4v) is 7.07. The Bertz CT molecular complexity index is 558. The minimum Gasteiger partial charge on any atom is -0.356 e. The molecule has 2 heteroatoms. The third-order valence-corrected chi connectivity index (χ3v) is 10.1. The van der Waals surface area contributed by atoms with Gasteiger partial charge in [-0.25, -0.2) is 0 Å². The van der Waals surface area contributed by atoms with E-state index < -0.39 is 0 Å².